The van der Waals surface area contributed by atoms with Crippen LogP contribution in [-0.2, 0) is 5.41 Å². The normalized spacial score (nSPS) is 12.7. The molecule has 0 unspecified atom stereocenters. The van der Waals surface area contributed by atoms with Gasteiger partial charge in [0.15, 0.2) is 0 Å². The largest absolute Gasteiger partial charge is 0.455 e. The first-order valence-corrected chi connectivity index (χ1v) is 25.5. The standard InChI is InChI=1S/C71H46N2O/c1-3-19-51(20-4-1)71(52-21-5-2-6-22-52)65-30-12-9-25-59(65)60-44-42-56(46-66(60)71)72(54-40-35-49(36-41-54)58-28-16-29-63-64-43-37-48-17-7-8-24-57(48)70(64)74-69(58)63)53-38-33-47(34-39-53)50-18-15-23-55(45-50)73-67-31-13-10-26-61(67)62-27-11-14-32-68(62)73/h1-46H. The van der Waals surface area contributed by atoms with Crippen molar-refractivity contribution < 1.29 is 4.42 Å². The van der Waals surface area contributed by atoms with Crippen LogP contribution in [0.25, 0.3) is 93.6 Å². The molecule has 0 aliphatic heterocycles. The van der Waals surface area contributed by atoms with E-state index in [2.05, 4.69) is 289 Å². The Morgan fingerprint density at radius 2 is 0.851 bits per heavy atom. The molecule has 2 heterocycles. The Morgan fingerprint density at radius 3 is 1.57 bits per heavy atom. The van der Waals surface area contributed by atoms with E-state index in [9.17, 15) is 0 Å². The summed E-state index contributed by atoms with van der Waals surface area (Å²) in [6.45, 7) is 0. The van der Waals surface area contributed by atoms with Crippen LogP contribution in [0.1, 0.15) is 22.3 Å². The second-order valence-corrected chi connectivity index (χ2v) is 19.6. The summed E-state index contributed by atoms with van der Waals surface area (Å²) < 4.78 is 9.22. The van der Waals surface area contributed by atoms with Gasteiger partial charge in [-0.2, -0.15) is 0 Å². The van der Waals surface area contributed by atoms with Gasteiger partial charge in [0.2, 0.25) is 0 Å². The highest BCUT2D eigenvalue weighted by molar-refractivity contribution is 6.17. The molecule has 346 valence electrons. The third kappa shape index (κ3) is 6.33. The Bertz CT molecular complexity index is 4380. The van der Waals surface area contributed by atoms with Crippen molar-refractivity contribution in [2.24, 2.45) is 0 Å². The molecule has 14 aromatic rings. The molecular weight excluding hydrogens is 897 g/mol. The minimum absolute atomic E-state index is 0.540. The van der Waals surface area contributed by atoms with E-state index in [1.807, 2.05) is 0 Å². The highest BCUT2D eigenvalue weighted by atomic mass is 16.3. The van der Waals surface area contributed by atoms with Gasteiger partial charge in [-0.3, -0.25) is 0 Å². The Kier molecular flexibility index (Phi) is 9.48. The zero-order chi connectivity index (χ0) is 48.7. The molecule has 0 saturated carbocycles. The number of fused-ring (bicyclic) bond motifs is 11. The van der Waals surface area contributed by atoms with E-state index < -0.39 is 5.41 Å². The van der Waals surface area contributed by atoms with Gasteiger partial charge in [0.1, 0.15) is 11.2 Å². The van der Waals surface area contributed by atoms with Crippen LogP contribution in [0.3, 0.4) is 0 Å². The van der Waals surface area contributed by atoms with Gasteiger partial charge in [0, 0.05) is 55.2 Å². The minimum Gasteiger partial charge on any atom is -0.455 e. The highest BCUT2D eigenvalue weighted by Crippen LogP contribution is 2.57. The molecule has 0 saturated heterocycles. The van der Waals surface area contributed by atoms with Crippen LogP contribution in [0.15, 0.2) is 283 Å². The summed E-state index contributed by atoms with van der Waals surface area (Å²) in [4.78, 5) is 2.42. The zero-order valence-corrected chi connectivity index (χ0v) is 40.4. The summed E-state index contributed by atoms with van der Waals surface area (Å²) in [6, 6.07) is 102. The maximum atomic E-state index is 6.83. The molecule has 74 heavy (non-hydrogen) atoms. The summed E-state index contributed by atoms with van der Waals surface area (Å²) in [7, 11) is 0. The van der Waals surface area contributed by atoms with E-state index in [1.165, 1.54) is 60.6 Å². The molecular formula is C71H46N2O. The van der Waals surface area contributed by atoms with Crippen molar-refractivity contribution in [3.05, 3.63) is 301 Å². The van der Waals surface area contributed by atoms with E-state index >= 15 is 0 Å². The molecule has 0 bridgehead atoms. The summed E-state index contributed by atoms with van der Waals surface area (Å²) >= 11 is 0. The lowest BCUT2D eigenvalue weighted by molar-refractivity contribution is 0.674. The Morgan fingerprint density at radius 1 is 0.311 bits per heavy atom. The van der Waals surface area contributed by atoms with E-state index in [4.69, 9.17) is 4.42 Å². The van der Waals surface area contributed by atoms with Crippen molar-refractivity contribution in [1.29, 1.82) is 0 Å². The van der Waals surface area contributed by atoms with Gasteiger partial charge in [-0.15, -0.1) is 0 Å². The number of para-hydroxylation sites is 3. The average Bonchev–Trinajstić information content (AvgIpc) is 4.14. The SMILES string of the molecule is c1ccc(C2(c3ccccc3)c3ccccc3-c3ccc(N(c4ccc(-c5cccc(-n6c7ccccc7c7ccccc76)c5)cc4)c4ccc(-c5cccc6c5oc5c7ccccc7ccc65)cc4)cc32)cc1. The quantitative estimate of drug-likeness (QED) is 0.151. The molecule has 12 aromatic carbocycles. The molecule has 3 nitrogen and oxygen atoms in total. The number of hydrogen-bond acceptors (Lipinski definition) is 2. The van der Waals surface area contributed by atoms with Crippen LogP contribution in [0, 0.1) is 0 Å². The van der Waals surface area contributed by atoms with E-state index in [-0.39, 0.29) is 0 Å². The maximum absolute atomic E-state index is 6.83. The van der Waals surface area contributed by atoms with Crippen molar-refractivity contribution in [2.75, 3.05) is 4.90 Å². The van der Waals surface area contributed by atoms with Gasteiger partial charge in [-0.05, 0) is 122 Å². The number of nitrogens with zero attached hydrogens (tertiary/aromatic N) is 2. The zero-order valence-electron chi connectivity index (χ0n) is 40.4. The first kappa shape index (κ1) is 42.0. The summed E-state index contributed by atoms with van der Waals surface area (Å²) in [5, 5.41) is 7.06. The number of benzene rings is 12. The molecule has 1 aliphatic carbocycles. The number of rotatable bonds is 8. The Balaban J connectivity index is 0.886. The maximum Gasteiger partial charge on any atom is 0.143 e. The minimum atomic E-state index is -0.540. The van der Waals surface area contributed by atoms with Gasteiger partial charge in [-0.1, -0.05) is 212 Å². The molecule has 0 radical (unpaired) electrons. The third-order valence-corrected chi connectivity index (χ3v) is 15.7. The summed E-state index contributed by atoms with van der Waals surface area (Å²) in [6.07, 6.45) is 0. The number of aromatic nitrogens is 1. The average molecular weight is 943 g/mol. The van der Waals surface area contributed by atoms with Crippen molar-refractivity contribution in [3.8, 4) is 39.1 Å². The van der Waals surface area contributed by atoms with Crippen LogP contribution < -0.4 is 4.90 Å². The number of hydrogen-bond donors (Lipinski definition) is 0. The third-order valence-electron chi connectivity index (χ3n) is 15.7. The first-order chi connectivity index (χ1) is 36.7. The van der Waals surface area contributed by atoms with Crippen LogP contribution in [-0.4, -0.2) is 4.57 Å². The summed E-state index contributed by atoms with van der Waals surface area (Å²) in [5.41, 5.74) is 20.0. The monoisotopic (exact) mass is 942 g/mol. The number of furan rings is 1. The Hall–Kier alpha value is -9.70. The van der Waals surface area contributed by atoms with Crippen molar-refractivity contribution in [1.82, 2.24) is 4.57 Å². The lowest BCUT2D eigenvalue weighted by Crippen LogP contribution is -2.28. The Labute approximate surface area is 429 Å². The topological polar surface area (TPSA) is 21.3 Å². The second kappa shape index (κ2) is 16.7. The van der Waals surface area contributed by atoms with E-state index in [0.717, 1.165) is 72.3 Å². The van der Waals surface area contributed by atoms with Gasteiger partial charge in [0.05, 0.1) is 16.4 Å². The van der Waals surface area contributed by atoms with Crippen LogP contribution in [0.4, 0.5) is 17.1 Å². The van der Waals surface area contributed by atoms with Gasteiger partial charge < -0.3 is 13.9 Å². The van der Waals surface area contributed by atoms with Gasteiger partial charge in [-0.25, -0.2) is 0 Å². The fourth-order valence-corrected chi connectivity index (χ4v) is 12.4. The lowest BCUT2D eigenvalue weighted by Gasteiger charge is -2.35. The predicted molar refractivity (Wildman–Crippen MR) is 308 cm³/mol. The van der Waals surface area contributed by atoms with E-state index in [0.29, 0.717) is 0 Å². The highest BCUT2D eigenvalue weighted by Gasteiger charge is 2.46. The van der Waals surface area contributed by atoms with Crippen LogP contribution in [0.5, 0.6) is 0 Å². The van der Waals surface area contributed by atoms with Crippen molar-refractivity contribution in [3.63, 3.8) is 0 Å². The molecule has 0 atom stereocenters. The molecule has 1 aliphatic rings. The molecule has 2 aromatic heterocycles. The van der Waals surface area contributed by atoms with Crippen molar-refractivity contribution >= 4 is 71.6 Å². The van der Waals surface area contributed by atoms with Gasteiger partial charge >= 0.3 is 0 Å². The molecule has 0 amide bonds. The molecule has 0 N–H and O–H groups in total. The molecule has 15 rings (SSSR count). The van der Waals surface area contributed by atoms with Gasteiger partial charge in [0.25, 0.3) is 0 Å². The smallest absolute Gasteiger partial charge is 0.143 e. The molecule has 3 heteroatoms. The number of anilines is 3. The molecule has 0 spiro atoms. The lowest BCUT2D eigenvalue weighted by atomic mass is 9.67. The summed E-state index contributed by atoms with van der Waals surface area (Å²) in [5.74, 6) is 0. The molecule has 0 fully saturated rings. The van der Waals surface area contributed by atoms with Crippen LogP contribution >= 0.6 is 0 Å². The van der Waals surface area contributed by atoms with E-state index in [1.54, 1.807) is 0 Å². The second-order valence-electron chi connectivity index (χ2n) is 19.6. The fourth-order valence-electron chi connectivity index (χ4n) is 12.4. The first-order valence-electron chi connectivity index (χ1n) is 25.5. The fraction of sp³-hybridized carbons (Fsp3) is 0.0141. The van der Waals surface area contributed by atoms with Crippen molar-refractivity contribution in [2.45, 2.75) is 5.41 Å². The van der Waals surface area contributed by atoms with Crippen LogP contribution in [0.2, 0.25) is 0 Å². The predicted octanol–water partition coefficient (Wildman–Crippen LogP) is 19.0.